The van der Waals surface area contributed by atoms with Crippen LogP contribution in [-0.4, -0.2) is 28.0 Å². The summed E-state index contributed by atoms with van der Waals surface area (Å²) in [7, 11) is 0. The maximum Gasteiger partial charge on any atom is 0.230 e. The van der Waals surface area contributed by atoms with E-state index < -0.39 is 0 Å². The lowest BCUT2D eigenvalue weighted by Crippen LogP contribution is -2.21. The summed E-state index contributed by atoms with van der Waals surface area (Å²) >= 11 is 5.99. The summed E-state index contributed by atoms with van der Waals surface area (Å²) in [6.45, 7) is 3.58. The first kappa shape index (κ1) is 13.2. The van der Waals surface area contributed by atoms with E-state index >= 15 is 0 Å². The van der Waals surface area contributed by atoms with Gasteiger partial charge in [-0.3, -0.25) is 0 Å². The van der Waals surface area contributed by atoms with E-state index in [1.165, 1.54) is 6.07 Å². The Morgan fingerprint density at radius 3 is 2.60 bits per heavy atom. The zero-order valence-electron chi connectivity index (χ0n) is 11.1. The average molecular weight is 293 g/mol. The van der Waals surface area contributed by atoms with E-state index in [0.717, 1.165) is 31.5 Å². The highest BCUT2D eigenvalue weighted by Crippen LogP contribution is 2.23. The molecule has 0 saturated carbocycles. The molecule has 2 aromatic rings. The molecule has 6 heteroatoms. The SMILES string of the molecule is Cc1cc(-c2nc(Cl)nc(N3CCCC3)n2)ccc1F. The lowest BCUT2D eigenvalue weighted by atomic mass is 10.1. The Bertz CT molecular complexity index is 641. The van der Waals surface area contributed by atoms with Crippen LogP contribution in [0.5, 0.6) is 0 Å². The van der Waals surface area contributed by atoms with Crippen LogP contribution in [-0.2, 0) is 0 Å². The predicted molar refractivity (Wildman–Crippen MR) is 76.4 cm³/mol. The highest BCUT2D eigenvalue weighted by molar-refractivity contribution is 6.28. The Morgan fingerprint density at radius 2 is 1.90 bits per heavy atom. The minimum absolute atomic E-state index is 0.166. The topological polar surface area (TPSA) is 41.9 Å². The van der Waals surface area contributed by atoms with Crippen molar-refractivity contribution in [2.24, 2.45) is 0 Å². The number of hydrogen-bond acceptors (Lipinski definition) is 4. The van der Waals surface area contributed by atoms with Gasteiger partial charge in [0.2, 0.25) is 11.2 Å². The average Bonchev–Trinajstić information content (AvgIpc) is 2.95. The van der Waals surface area contributed by atoms with E-state index in [9.17, 15) is 4.39 Å². The van der Waals surface area contributed by atoms with E-state index in [2.05, 4.69) is 19.9 Å². The zero-order valence-corrected chi connectivity index (χ0v) is 11.9. The molecule has 0 radical (unpaired) electrons. The third kappa shape index (κ3) is 2.58. The molecule has 0 spiro atoms. The zero-order chi connectivity index (χ0) is 14.1. The van der Waals surface area contributed by atoms with E-state index in [0.29, 0.717) is 17.3 Å². The third-order valence-electron chi connectivity index (χ3n) is 3.40. The van der Waals surface area contributed by atoms with Crippen molar-refractivity contribution in [3.05, 3.63) is 34.9 Å². The number of aromatic nitrogens is 3. The summed E-state index contributed by atoms with van der Waals surface area (Å²) in [5.74, 6) is 0.836. The summed E-state index contributed by atoms with van der Waals surface area (Å²) in [4.78, 5) is 14.9. The fourth-order valence-corrected chi connectivity index (χ4v) is 2.47. The van der Waals surface area contributed by atoms with Crippen molar-refractivity contribution in [2.75, 3.05) is 18.0 Å². The van der Waals surface area contributed by atoms with Crippen molar-refractivity contribution in [2.45, 2.75) is 19.8 Å². The van der Waals surface area contributed by atoms with Crippen LogP contribution in [0.25, 0.3) is 11.4 Å². The fourth-order valence-electron chi connectivity index (χ4n) is 2.31. The Labute approximate surface area is 121 Å². The first-order valence-electron chi connectivity index (χ1n) is 6.56. The van der Waals surface area contributed by atoms with Crippen LogP contribution in [0.4, 0.5) is 10.3 Å². The number of benzene rings is 1. The van der Waals surface area contributed by atoms with Gasteiger partial charge in [0.25, 0.3) is 0 Å². The molecule has 2 heterocycles. The van der Waals surface area contributed by atoms with Gasteiger partial charge in [0.05, 0.1) is 0 Å². The highest BCUT2D eigenvalue weighted by Gasteiger charge is 2.17. The van der Waals surface area contributed by atoms with Crippen LogP contribution in [0.2, 0.25) is 5.28 Å². The van der Waals surface area contributed by atoms with Crippen molar-refractivity contribution in [1.82, 2.24) is 15.0 Å². The van der Waals surface area contributed by atoms with Crippen LogP contribution < -0.4 is 4.90 Å². The van der Waals surface area contributed by atoms with Gasteiger partial charge in [-0.15, -0.1) is 0 Å². The van der Waals surface area contributed by atoms with E-state index in [1.807, 2.05) is 0 Å². The van der Waals surface area contributed by atoms with Gasteiger partial charge in [0, 0.05) is 18.7 Å². The molecule has 1 saturated heterocycles. The minimum atomic E-state index is -0.242. The van der Waals surface area contributed by atoms with Crippen LogP contribution in [0.1, 0.15) is 18.4 Å². The number of rotatable bonds is 2. The molecule has 0 N–H and O–H groups in total. The second-order valence-electron chi connectivity index (χ2n) is 4.89. The Balaban J connectivity index is 2.02. The first-order valence-corrected chi connectivity index (χ1v) is 6.94. The molecule has 4 nitrogen and oxygen atoms in total. The minimum Gasteiger partial charge on any atom is -0.341 e. The van der Waals surface area contributed by atoms with Gasteiger partial charge < -0.3 is 4.90 Å². The van der Waals surface area contributed by atoms with Crippen molar-refractivity contribution in [3.8, 4) is 11.4 Å². The molecule has 3 rings (SSSR count). The number of aryl methyl sites for hydroxylation is 1. The van der Waals surface area contributed by atoms with Crippen molar-refractivity contribution in [1.29, 1.82) is 0 Å². The molecule has 0 aliphatic carbocycles. The lowest BCUT2D eigenvalue weighted by molar-refractivity contribution is 0.618. The maximum absolute atomic E-state index is 13.3. The molecule has 0 amide bonds. The lowest BCUT2D eigenvalue weighted by Gasteiger charge is -2.15. The van der Waals surface area contributed by atoms with Crippen molar-refractivity contribution < 1.29 is 4.39 Å². The molecular formula is C14H14ClFN4. The summed E-state index contributed by atoms with van der Waals surface area (Å²) in [6, 6.07) is 4.79. The van der Waals surface area contributed by atoms with Gasteiger partial charge in [-0.2, -0.15) is 15.0 Å². The largest absolute Gasteiger partial charge is 0.341 e. The van der Waals surface area contributed by atoms with Gasteiger partial charge in [-0.1, -0.05) is 0 Å². The van der Waals surface area contributed by atoms with Crippen LogP contribution in [0, 0.1) is 12.7 Å². The van der Waals surface area contributed by atoms with Crippen molar-refractivity contribution in [3.63, 3.8) is 0 Å². The fraction of sp³-hybridized carbons (Fsp3) is 0.357. The second-order valence-corrected chi connectivity index (χ2v) is 5.22. The molecule has 1 aliphatic rings. The predicted octanol–water partition coefficient (Wildman–Crippen LogP) is 3.24. The number of nitrogens with zero attached hydrogens (tertiary/aromatic N) is 4. The normalized spacial score (nSPS) is 14.8. The van der Waals surface area contributed by atoms with Gasteiger partial charge in [-0.25, -0.2) is 4.39 Å². The summed E-state index contributed by atoms with van der Waals surface area (Å²) in [6.07, 6.45) is 2.27. The Kier molecular flexibility index (Phi) is 3.53. The molecule has 0 bridgehead atoms. The monoisotopic (exact) mass is 292 g/mol. The van der Waals surface area contributed by atoms with E-state index in [1.54, 1.807) is 19.1 Å². The van der Waals surface area contributed by atoms with Gasteiger partial charge in [0.15, 0.2) is 5.82 Å². The number of hydrogen-bond donors (Lipinski definition) is 0. The van der Waals surface area contributed by atoms with E-state index in [4.69, 9.17) is 11.6 Å². The van der Waals surface area contributed by atoms with E-state index in [-0.39, 0.29) is 11.1 Å². The third-order valence-corrected chi connectivity index (χ3v) is 3.57. The molecule has 0 unspecified atom stereocenters. The molecule has 1 aromatic heterocycles. The standard InChI is InChI=1S/C14H14ClFN4/c1-9-8-10(4-5-11(9)16)12-17-13(15)19-14(18-12)20-6-2-3-7-20/h4-5,8H,2-3,6-7H2,1H3. The van der Waals surface area contributed by atoms with Crippen molar-refractivity contribution >= 4 is 17.5 Å². The maximum atomic E-state index is 13.3. The molecule has 1 fully saturated rings. The molecule has 20 heavy (non-hydrogen) atoms. The molecule has 1 aromatic carbocycles. The van der Waals surface area contributed by atoms with Crippen LogP contribution in [0.15, 0.2) is 18.2 Å². The quantitative estimate of drug-likeness (QED) is 0.852. The van der Waals surface area contributed by atoms with Gasteiger partial charge in [0.1, 0.15) is 5.82 Å². The molecular weight excluding hydrogens is 279 g/mol. The van der Waals surface area contributed by atoms with Gasteiger partial charge >= 0.3 is 0 Å². The van der Waals surface area contributed by atoms with Gasteiger partial charge in [-0.05, 0) is 55.1 Å². The highest BCUT2D eigenvalue weighted by atomic mass is 35.5. The molecule has 0 atom stereocenters. The smallest absolute Gasteiger partial charge is 0.230 e. The van der Waals surface area contributed by atoms with Crippen LogP contribution >= 0.6 is 11.6 Å². The number of halogens is 2. The Hall–Kier alpha value is -1.75. The van der Waals surface area contributed by atoms with Crippen LogP contribution in [0.3, 0.4) is 0 Å². The summed E-state index contributed by atoms with van der Waals surface area (Å²) in [5, 5.41) is 0.166. The Morgan fingerprint density at radius 1 is 1.15 bits per heavy atom. The summed E-state index contributed by atoms with van der Waals surface area (Å²) < 4.78 is 13.3. The number of anilines is 1. The summed E-state index contributed by atoms with van der Waals surface area (Å²) in [5.41, 5.74) is 1.30. The second kappa shape index (κ2) is 5.32. The first-order chi connectivity index (χ1) is 9.63. The molecule has 104 valence electrons. The molecule has 1 aliphatic heterocycles.